The van der Waals surface area contributed by atoms with Crippen LogP contribution in [0.4, 0.5) is 5.82 Å². The van der Waals surface area contributed by atoms with Crippen LogP contribution in [0.2, 0.25) is 0 Å². The van der Waals surface area contributed by atoms with Crippen LogP contribution in [0.1, 0.15) is 12.5 Å². The van der Waals surface area contributed by atoms with E-state index in [0.717, 1.165) is 45.1 Å². The van der Waals surface area contributed by atoms with Gasteiger partial charge in [0.15, 0.2) is 0 Å². The van der Waals surface area contributed by atoms with Crippen molar-refractivity contribution < 1.29 is 5.11 Å². The predicted molar refractivity (Wildman–Crippen MR) is 105 cm³/mol. The normalized spacial score (nSPS) is 11.2. The number of rotatable bonds is 3. The van der Waals surface area contributed by atoms with Crippen LogP contribution in [0, 0.1) is 0 Å². The zero-order valence-electron chi connectivity index (χ0n) is 14.8. The van der Waals surface area contributed by atoms with Gasteiger partial charge in [0.2, 0.25) is 0 Å². The molecular weight excluding hydrogens is 324 g/mol. The highest BCUT2D eigenvalue weighted by Crippen LogP contribution is 2.38. The third kappa shape index (κ3) is 2.58. The number of nitrogen functional groups attached to an aromatic ring is 1. The third-order valence-corrected chi connectivity index (χ3v) is 4.68. The summed E-state index contributed by atoms with van der Waals surface area (Å²) in [6.07, 6.45) is 4.69. The molecule has 2 aromatic heterocycles. The quantitative estimate of drug-likeness (QED) is 0.585. The number of phenols is 1. The highest BCUT2D eigenvalue weighted by atomic mass is 16.3. The molecule has 0 radical (unpaired) electrons. The molecule has 0 saturated carbocycles. The Balaban J connectivity index is 2.00. The van der Waals surface area contributed by atoms with Crippen LogP contribution in [-0.4, -0.2) is 19.9 Å². The van der Waals surface area contributed by atoms with E-state index in [1.54, 1.807) is 12.1 Å². The van der Waals surface area contributed by atoms with Crippen molar-refractivity contribution in [3.63, 3.8) is 0 Å². The summed E-state index contributed by atoms with van der Waals surface area (Å²) in [5.74, 6) is 0.726. The van der Waals surface area contributed by atoms with E-state index in [0.29, 0.717) is 5.82 Å². The second-order valence-electron chi connectivity index (χ2n) is 6.35. The van der Waals surface area contributed by atoms with Crippen molar-refractivity contribution in [1.29, 1.82) is 0 Å². The van der Waals surface area contributed by atoms with Gasteiger partial charge in [0.25, 0.3) is 0 Å². The van der Waals surface area contributed by atoms with Crippen LogP contribution in [0.15, 0.2) is 54.9 Å². The van der Waals surface area contributed by atoms with Crippen LogP contribution in [0.3, 0.4) is 0 Å². The number of anilines is 1. The summed E-state index contributed by atoms with van der Waals surface area (Å²) in [5, 5.41) is 15.2. The maximum atomic E-state index is 9.60. The molecule has 5 nitrogen and oxygen atoms in total. The minimum atomic E-state index is 0.231. The van der Waals surface area contributed by atoms with E-state index in [1.807, 2.05) is 48.4 Å². The standard InChI is InChI=1S/C21H20N4O/c1-3-15-17(16-5-4-6-19-18(16)12-25(2)24-19)11-23-21(22)20(15)13-7-9-14(26)10-8-13/h4-12,26H,3H2,1-2H3,(H2,22,23). The second kappa shape index (κ2) is 6.19. The molecule has 5 heteroatoms. The maximum Gasteiger partial charge on any atom is 0.131 e. The van der Waals surface area contributed by atoms with Gasteiger partial charge < -0.3 is 10.8 Å². The number of hydrogen-bond acceptors (Lipinski definition) is 4. The molecule has 0 saturated heterocycles. The summed E-state index contributed by atoms with van der Waals surface area (Å²) >= 11 is 0. The Labute approximate surface area is 151 Å². The van der Waals surface area contributed by atoms with Crippen molar-refractivity contribution >= 4 is 16.7 Å². The van der Waals surface area contributed by atoms with Crippen molar-refractivity contribution in [2.75, 3.05) is 5.73 Å². The number of phenolic OH excluding ortho intramolecular Hbond substituents is 1. The van der Waals surface area contributed by atoms with Crippen LogP contribution in [0.5, 0.6) is 5.75 Å². The first-order valence-corrected chi connectivity index (χ1v) is 8.58. The molecular formula is C21H20N4O. The Hall–Kier alpha value is -3.34. The van der Waals surface area contributed by atoms with Gasteiger partial charge in [0, 0.05) is 36.0 Å². The van der Waals surface area contributed by atoms with Gasteiger partial charge in [-0.05, 0) is 41.3 Å². The molecule has 4 aromatic rings. The van der Waals surface area contributed by atoms with E-state index in [9.17, 15) is 5.11 Å². The number of aromatic hydroxyl groups is 1. The van der Waals surface area contributed by atoms with Gasteiger partial charge in [0.05, 0.1) is 5.52 Å². The van der Waals surface area contributed by atoms with Gasteiger partial charge in [-0.15, -0.1) is 0 Å². The van der Waals surface area contributed by atoms with Crippen LogP contribution in [0.25, 0.3) is 33.2 Å². The lowest BCUT2D eigenvalue weighted by Crippen LogP contribution is -2.01. The van der Waals surface area contributed by atoms with E-state index in [4.69, 9.17) is 5.73 Å². The fraction of sp³-hybridized carbons (Fsp3) is 0.143. The molecule has 0 amide bonds. The molecule has 0 atom stereocenters. The zero-order chi connectivity index (χ0) is 18.3. The maximum absolute atomic E-state index is 9.60. The Morgan fingerprint density at radius 1 is 1.08 bits per heavy atom. The Morgan fingerprint density at radius 2 is 1.85 bits per heavy atom. The first kappa shape index (κ1) is 16.1. The highest BCUT2D eigenvalue weighted by Gasteiger charge is 2.17. The van der Waals surface area contributed by atoms with E-state index >= 15 is 0 Å². The summed E-state index contributed by atoms with van der Waals surface area (Å²) in [7, 11) is 1.92. The van der Waals surface area contributed by atoms with Crippen molar-refractivity contribution in [3.05, 3.63) is 60.4 Å². The minimum Gasteiger partial charge on any atom is -0.508 e. The van der Waals surface area contributed by atoms with Crippen LogP contribution in [-0.2, 0) is 13.5 Å². The smallest absolute Gasteiger partial charge is 0.131 e. The molecule has 0 fully saturated rings. The number of fused-ring (bicyclic) bond motifs is 1. The average Bonchev–Trinajstić information content (AvgIpc) is 3.02. The first-order valence-electron chi connectivity index (χ1n) is 8.58. The lowest BCUT2D eigenvalue weighted by atomic mass is 9.91. The molecule has 3 N–H and O–H groups in total. The fourth-order valence-corrected chi connectivity index (χ4v) is 3.51. The van der Waals surface area contributed by atoms with Gasteiger partial charge in [-0.1, -0.05) is 31.2 Å². The van der Waals surface area contributed by atoms with E-state index in [1.165, 1.54) is 0 Å². The topological polar surface area (TPSA) is 77.0 Å². The van der Waals surface area contributed by atoms with Crippen molar-refractivity contribution in [3.8, 4) is 28.0 Å². The monoisotopic (exact) mass is 344 g/mol. The molecule has 0 bridgehead atoms. The number of benzene rings is 2. The van der Waals surface area contributed by atoms with Crippen LogP contribution < -0.4 is 5.73 Å². The molecule has 2 heterocycles. The fourth-order valence-electron chi connectivity index (χ4n) is 3.51. The number of nitrogens with two attached hydrogens (primary N) is 1. The number of hydrogen-bond donors (Lipinski definition) is 2. The van der Waals surface area contributed by atoms with E-state index in [2.05, 4.69) is 23.1 Å². The van der Waals surface area contributed by atoms with Crippen molar-refractivity contribution in [2.24, 2.45) is 7.05 Å². The van der Waals surface area contributed by atoms with Crippen molar-refractivity contribution in [1.82, 2.24) is 14.8 Å². The summed E-state index contributed by atoms with van der Waals surface area (Å²) < 4.78 is 1.82. The number of aryl methyl sites for hydroxylation is 1. The highest BCUT2D eigenvalue weighted by molar-refractivity contribution is 5.97. The molecule has 0 aliphatic carbocycles. The summed E-state index contributed by atoms with van der Waals surface area (Å²) in [4.78, 5) is 4.46. The second-order valence-corrected chi connectivity index (χ2v) is 6.35. The SMILES string of the molecule is CCc1c(-c2cccc3nn(C)cc23)cnc(N)c1-c1ccc(O)cc1. The average molecular weight is 344 g/mol. The number of aromatic nitrogens is 3. The third-order valence-electron chi connectivity index (χ3n) is 4.68. The minimum absolute atomic E-state index is 0.231. The first-order chi connectivity index (χ1) is 12.6. The van der Waals surface area contributed by atoms with E-state index < -0.39 is 0 Å². The van der Waals surface area contributed by atoms with Gasteiger partial charge in [-0.25, -0.2) is 4.98 Å². The Bertz CT molecular complexity index is 1100. The van der Waals surface area contributed by atoms with Crippen LogP contribution >= 0.6 is 0 Å². The zero-order valence-corrected chi connectivity index (χ0v) is 14.8. The van der Waals surface area contributed by atoms with Crippen molar-refractivity contribution in [2.45, 2.75) is 13.3 Å². The molecule has 0 aliphatic heterocycles. The summed E-state index contributed by atoms with van der Waals surface area (Å²) in [6.45, 7) is 2.12. The molecule has 0 unspecified atom stereocenters. The van der Waals surface area contributed by atoms with Gasteiger partial charge in [-0.2, -0.15) is 5.10 Å². The Morgan fingerprint density at radius 3 is 2.58 bits per heavy atom. The number of nitrogens with zero attached hydrogens (tertiary/aromatic N) is 3. The lowest BCUT2D eigenvalue weighted by Gasteiger charge is -2.16. The van der Waals surface area contributed by atoms with Gasteiger partial charge in [-0.3, -0.25) is 4.68 Å². The van der Waals surface area contributed by atoms with E-state index in [-0.39, 0.29) is 5.75 Å². The molecule has 26 heavy (non-hydrogen) atoms. The number of pyridine rings is 1. The Kier molecular flexibility index (Phi) is 3.84. The summed E-state index contributed by atoms with van der Waals surface area (Å²) in [6, 6.07) is 13.2. The molecule has 0 aliphatic rings. The predicted octanol–water partition coefficient (Wildman–Crippen LogP) is 4.15. The molecule has 130 valence electrons. The molecule has 0 spiro atoms. The van der Waals surface area contributed by atoms with Gasteiger partial charge >= 0.3 is 0 Å². The van der Waals surface area contributed by atoms with Gasteiger partial charge in [0.1, 0.15) is 11.6 Å². The largest absolute Gasteiger partial charge is 0.508 e. The molecule has 4 rings (SSSR count). The summed E-state index contributed by atoms with van der Waals surface area (Å²) in [5.41, 5.74) is 12.4. The molecule has 2 aromatic carbocycles. The lowest BCUT2D eigenvalue weighted by molar-refractivity contribution is 0.475.